The molecule has 0 spiro atoms. The second kappa shape index (κ2) is 5.19. The minimum absolute atomic E-state index is 0.281. The first-order valence-electron chi connectivity index (χ1n) is 4.59. The lowest BCUT2D eigenvalue weighted by Gasteiger charge is -2.26. The van der Waals surface area contributed by atoms with Crippen LogP contribution < -0.4 is 11.1 Å². The molecule has 78 valence electrons. The van der Waals surface area contributed by atoms with Crippen molar-refractivity contribution in [2.45, 2.75) is 45.3 Å². The molecule has 0 aliphatic rings. The van der Waals surface area contributed by atoms with Gasteiger partial charge < -0.3 is 16.2 Å². The third-order valence-corrected chi connectivity index (χ3v) is 1.90. The molecular weight excluding hydrogens is 168 g/mol. The zero-order valence-electron chi connectivity index (χ0n) is 8.63. The Balaban J connectivity index is 3.81. The molecule has 0 bridgehead atoms. The Hall–Kier alpha value is -0.610. The highest BCUT2D eigenvalue weighted by molar-refractivity contribution is 5.74. The summed E-state index contributed by atoms with van der Waals surface area (Å²) < 4.78 is 0. The fourth-order valence-corrected chi connectivity index (χ4v) is 1.04. The Morgan fingerprint density at radius 3 is 2.54 bits per heavy atom. The number of carbonyl (C=O) groups excluding carboxylic acids is 1. The molecule has 4 N–H and O–H groups in total. The van der Waals surface area contributed by atoms with Crippen LogP contribution in [0.15, 0.2) is 0 Å². The van der Waals surface area contributed by atoms with Gasteiger partial charge in [0.25, 0.3) is 0 Å². The SMILES string of the molecule is CCC(O)CNC(C)(C)CC(N)=O. The van der Waals surface area contributed by atoms with Gasteiger partial charge in [-0.2, -0.15) is 0 Å². The molecule has 0 saturated carbocycles. The van der Waals surface area contributed by atoms with Crippen LogP contribution in [0.4, 0.5) is 0 Å². The second-order valence-corrected chi connectivity index (χ2v) is 3.97. The fraction of sp³-hybridized carbons (Fsp3) is 0.889. The van der Waals surface area contributed by atoms with Gasteiger partial charge in [0.05, 0.1) is 6.10 Å². The van der Waals surface area contributed by atoms with E-state index >= 15 is 0 Å². The molecule has 0 radical (unpaired) electrons. The maximum absolute atomic E-state index is 10.6. The standard InChI is InChI=1S/C9H20N2O2/c1-4-7(12)6-11-9(2,3)5-8(10)13/h7,11-12H,4-6H2,1-3H3,(H2,10,13). The monoisotopic (exact) mass is 188 g/mol. The van der Waals surface area contributed by atoms with E-state index in [1.165, 1.54) is 0 Å². The maximum atomic E-state index is 10.6. The number of hydrogen-bond acceptors (Lipinski definition) is 3. The van der Waals surface area contributed by atoms with Crippen molar-refractivity contribution in [3.63, 3.8) is 0 Å². The van der Waals surface area contributed by atoms with Crippen LogP contribution in [0, 0.1) is 0 Å². The number of carbonyl (C=O) groups is 1. The van der Waals surface area contributed by atoms with Gasteiger partial charge in [0.1, 0.15) is 0 Å². The number of nitrogens with two attached hydrogens (primary N) is 1. The zero-order valence-corrected chi connectivity index (χ0v) is 8.63. The first kappa shape index (κ1) is 12.4. The van der Waals surface area contributed by atoms with E-state index in [4.69, 9.17) is 5.73 Å². The van der Waals surface area contributed by atoms with Crippen LogP contribution in [0.25, 0.3) is 0 Å². The minimum atomic E-state index is -0.354. The molecule has 0 saturated heterocycles. The molecule has 4 nitrogen and oxygen atoms in total. The van der Waals surface area contributed by atoms with Crippen LogP contribution in [-0.2, 0) is 4.79 Å². The van der Waals surface area contributed by atoms with Gasteiger partial charge in [-0.1, -0.05) is 6.92 Å². The molecule has 1 atom stereocenters. The summed E-state index contributed by atoms with van der Waals surface area (Å²) >= 11 is 0. The summed E-state index contributed by atoms with van der Waals surface area (Å²) in [5.74, 6) is -0.330. The van der Waals surface area contributed by atoms with E-state index in [-0.39, 0.29) is 24.0 Å². The summed E-state index contributed by atoms with van der Waals surface area (Å²) in [6.07, 6.45) is 0.635. The average Bonchev–Trinajstić information content (AvgIpc) is 1.98. The molecule has 0 fully saturated rings. The number of primary amides is 1. The van der Waals surface area contributed by atoms with Crippen molar-refractivity contribution >= 4 is 5.91 Å². The van der Waals surface area contributed by atoms with Gasteiger partial charge in [0.15, 0.2) is 0 Å². The third kappa shape index (κ3) is 6.54. The Labute approximate surface area is 79.5 Å². The molecule has 13 heavy (non-hydrogen) atoms. The van der Waals surface area contributed by atoms with Gasteiger partial charge in [-0.3, -0.25) is 4.79 Å². The van der Waals surface area contributed by atoms with Gasteiger partial charge in [-0.15, -0.1) is 0 Å². The largest absolute Gasteiger partial charge is 0.392 e. The second-order valence-electron chi connectivity index (χ2n) is 3.97. The molecule has 4 heteroatoms. The maximum Gasteiger partial charge on any atom is 0.219 e. The first-order valence-corrected chi connectivity index (χ1v) is 4.59. The zero-order chi connectivity index (χ0) is 10.5. The van der Waals surface area contributed by atoms with Gasteiger partial charge in [0, 0.05) is 18.5 Å². The molecule has 0 rings (SSSR count). The van der Waals surface area contributed by atoms with Crippen molar-refractivity contribution in [1.82, 2.24) is 5.32 Å². The lowest BCUT2D eigenvalue weighted by Crippen LogP contribution is -2.45. The predicted molar refractivity (Wildman–Crippen MR) is 52.2 cm³/mol. The lowest BCUT2D eigenvalue weighted by molar-refractivity contribution is -0.119. The molecular formula is C9H20N2O2. The number of β-amino-alcohol motifs (C(OH)–C–C–N with tert-alkyl or cyclic N) is 1. The van der Waals surface area contributed by atoms with E-state index in [9.17, 15) is 9.90 Å². The van der Waals surface area contributed by atoms with Gasteiger partial charge in [-0.25, -0.2) is 0 Å². The topological polar surface area (TPSA) is 75.3 Å². The Bertz CT molecular complexity index is 169. The van der Waals surface area contributed by atoms with E-state index in [0.29, 0.717) is 13.0 Å². The first-order chi connectivity index (χ1) is 5.87. The molecule has 1 amide bonds. The predicted octanol–water partition coefficient (Wildman–Crippen LogP) is 0.000900. The number of aliphatic hydroxyl groups excluding tert-OH is 1. The normalized spacial score (nSPS) is 14.2. The minimum Gasteiger partial charge on any atom is -0.392 e. The Morgan fingerprint density at radius 1 is 1.62 bits per heavy atom. The van der Waals surface area contributed by atoms with Crippen molar-refractivity contribution in [3.8, 4) is 0 Å². The van der Waals surface area contributed by atoms with Gasteiger partial charge in [-0.05, 0) is 20.3 Å². The van der Waals surface area contributed by atoms with Crippen LogP contribution in [0.1, 0.15) is 33.6 Å². The van der Waals surface area contributed by atoms with E-state index in [0.717, 1.165) is 0 Å². The van der Waals surface area contributed by atoms with Gasteiger partial charge in [0.2, 0.25) is 5.91 Å². The molecule has 1 unspecified atom stereocenters. The molecule has 0 aromatic rings. The highest BCUT2D eigenvalue weighted by Gasteiger charge is 2.20. The summed E-state index contributed by atoms with van der Waals surface area (Å²) in [5.41, 5.74) is 4.74. The van der Waals surface area contributed by atoms with E-state index in [1.54, 1.807) is 0 Å². The van der Waals surface area contributed by atoms with Crippen molar-refractivity contribution in [2.24, 2.45) is 5.73 Å². The quantitative estimate of drug-likeness (QED) is 0.549. The van der Waals surface area contributed by atoms with E-state index in [1.807, 2.05) is 20.8 Å². The summed E-state index contributed by atoms with van der Waals surface area (Å²) in [6, 6.07) is 0. The smallest absolute Gasteiger partial charge is 0.219 e. The number of hydrogen-bond donors (Lipinski definition) is 3. The summed E-state index contributed by atoms with van der Waals surface area (Å²) in [7, 11) is 0. The van der Waals surface area contributed by atoms with Crippen LogP contribution >= 0.6 is 0 Å². The Morgan fingerprint density at radius 2 is 2.15 bits per heavy atom. The molecule has 0 aromatic heterocycles. The molecule has 0 heterocycles. The molecule has 0 aromatic carbocycles. The third-order valence-electron chi connectivity index (χ3n) is 1.90. The lowest BCUT2D eigenvalue weighted by atomic mass is 10.00. The highest BCUT2D eigenvalue weighted by Crippen LogP contribution is 2.07. The summed E-state index contributed by atoms with van der Waals surface area (Å²) in [4.78, 5) is 10.6. The van der Waals surface area contributed by atoms with Crippen LogP contribution in [0.2, 0.25) is 0 Å². The van der Waals surface area contributed by atoms with Crippen LogP contribution in [0.3, 0.4) is 0 Å². The molecule has 0 aliphatic heterocycles. The number of aliphatic hydroxyl groups is 1. The van der Waals surface area contributed by atoms with E-state index in [2.05, 4.69) is 5.32 Å². The van der Waals surface area contributed by atoms with Crippen molar-refractivity contribution < 1.29 is 9.90 Å². The number of rotatable bonds is 6. The molecule has 0 aliphatic carbocycles. The number of nitrogens with one attached hydrogen (secondary N) is 1. The van der Waals surface area contributed by atoms with Crippen LogP contribution in [-0.4, -0.2) is 29.2 Å². The Kier molecular flexibility index (Phi) is 4.95. The van der Waals surface area contributed by atoms with Crippen LogP contribution in [0.5, 0.6) is 0 Å². The number of amides is 1. The van der Waals surface area contributed by atoms with Crippen molar-refractivity contribution in [3.05, 3.63) is 0 Å². The average molecular weight is 188 g/mol. The van der Waals surface area contributed by atoms with E-state index < -0.39 is 0 Å². The van der Waals surface area contributed by atoms with Gasteiger partial charge >= 0.3 is 0 Å². The van der Waals surface area contributed by atoms with Crippen molar-refractivity contribution in [2.75, 3.05) is 6.54 Å². The summed E-state index contributed by atoms with van der Waals surface area (Å²) in [5, 5.41) is 12.4. The highest BCUT2D eigenvalue weighted by atomic mass is 16.3. The fourth-order valence-electron chi connectivity index (χ4n) is 1.04. The van der Waals surface area contributed by atoms with Crippen molar-refractivity contribution in [1.29, 1.82) is 0 Å². The summed E-state index contributed by atoms with van der Waals surface area (Å²) in [6.45, 7) is 6.19.